The molecule has 0 saturated carbocycles. The highest BCUT2D eigenvalue weighted by Crippen LogP contribution is 2.30. The molecule has 1 aliphatic rings. The average molecular weight is 423 g/mol. The number of nitrogens with one attached hydrogen (secondary N) is 1. The molecule has 1 fully saturated rings. The van der Waals surface area contributed by atoms with Crippen molar-refractivity contribution in [3.05, 3.63) is 53.1 Å². The van der Waals surface area contributed by atoms with Crippen molar-refractivity contribution in [3.8, 4) is 5.75 Å². The Hall–Kier alpha value is -2.09. The number of benzene rings is 2. The Labute approximate surface area is 170 Å². The summed E-state index contributed by atoms with van der Waals surface area (Å²) in [7, 11) is -2.27. The van der Waals surface area contributed by atoms with Crippen LogP contribution in [-0.4, -0.2) is 38.8 Å². The number of carbonyl (C=O) groups is 1. The normalized spacial score (nSPS) is 17.9. The molecule has 0 bridgehead atoms. The minimum Gasteiger partial charge on any atom is -0.495 e. The van der Waals surface area contributed by atoms with Gasteiger partial charge >= 0.3 is 0 Å². The number of sulfonamides is 1. The number of halogens is 1. The van der Waals surface area contributed by atoms with Crippen LogP contribution in [0.25, 0.3) is 0 Å². The second kappa shape index (κ2) is 8.51. The average Bonchev–Trinajstić information content (AvgIpc) is 2.69. The number of ether oxygens (including phenoxy) is 1. The smallest absolute Gasteiger partial charge is 0.243 e. The van der Waals surface area contributed by atoms with E-state index < -0.39 is 15.9 Å². The lowest BCUT2D eigenvalue weighted by Crippen LogP contribution is -2.43. The SMILES string of the molecule is COc1ccc(S(=O)(=O)N2CCC[C@@H](C(=O)Nc3ccccc3C)C2)cc1Cl. The second-order valence-corrected chi connectivity index (χ2v) is 9.15. The minimum absolute atomic E-state index is 0.0956. The van der Waals surface area contributed by atoms with Gasteiger partial charge in [-0.15, -0.1) is 0 Å². The first-order chi connectivity index (χ1) is 13.3. The molecule has 28 heavy (non-hydrogen) atoms. The molecule has 150 valence electrons. The summed E-state index contributed by atoms with van der Waals surface area (Å²) in [6, 6.07) is 11.9. The van der Waals surface area contributed by atoms with Crippen LogP contribution in [0.2, 0.25) is 5.02 Å². The van der Waals surface area contributed by atoms with Gasteiger partial charge in [-0.25, -0.2) is 8.42 Å². The standard InChI is InChI=1S/C20H23ClN2O4S/c1-14-6-3-4-8-18(14)22-20(24)15-7-5-11-23(13-15)28(25,26)16-9-10-19(27-2)17(21)12-16/h3-4,6,8-10,12,15H,5,7,11,13H2,1-2H3,(H,22,24)/t15-/m1/s1. The minimum atomic E-state index is -3.74. The van der Waals surface area contributed by atoms with Crippen LogP contribution in [0.15, 0.2) is 47.4 Å². The lowest BCUT2D eigenvalue weighted by atomic mass is 9.98. The maximum atomic E-state index is 13.0. The molecular weight excluding hydrogens is 400 g/mol. The van der Waals surface area contributed by atoms with E-state index in [2.05, 4.69) is 5.32 Å². The van der Waals surface area contributed by atoms with Crippen molar-refractivity contribution in [3.63, 3.8) is 0 Å². The molecule has 6 nitrogen and oxygen atoms in total. The number of amides is 1. The van der Waals surface area contributed by atoms with E-state index in [4.69, 9.17) is 16.3 Å². The van der Waals surface area contributed by atoms with Crippen molar-refractivity contribution in [1.29, 1.82) is 0 Å². The highest BCUT2D eigenvalue weighted by Gasteiger charge is 2.33. The van der Waals surface area contributed by atoms with Crippen molar-refractivity contribution in [2.45, 2.75) is 24.7 Å². The van der Waals surface area contributed by atoms with Crippen LogP contribution < -0.4 is 10.1 Å². The number of piperidine rings is 1. The predicted molar refractivity (Wildman–Crippen MR) is 109 cm³/mol. The molecule has 1 amide bonds. The van der Waals surface area contributed by atoms with Gasteiger partial charge in [-0.05, 0) is 49.6 Å². The van der Waals surface area contributed by atoms with Crippen LogP contribution in [-0.2, 0) is 14.8 Å². The molecule has 2 aromatic rings. The highest BCUT2D eigenvalue weighted by atomic mass is 35.5. The maximum absolute atomic E-state index is 13.0. The fourth-order valence-corrected chi connectivity index (χ4v) is 5.15. The lowest BCUT2D eigenvalue weighted by Gasteiger charge is -2.31. The summed E-state index contributed by atoms with van der Waals surface area (Å²) in [6.45, 7) is 2.44. The molecule has 0 aromatic heterocycles. The van der Waals surface area contributed by atoms with Crippen LogP contribution in [0.5, 0.6) is 5.75 Å². The number of methoxy groups -OCH3 is 1. The molecule has 0 radical (unpaired) electrons. The van der Waals surface area contributed by atoms with Crippen LogP contribution in [0.1, 0.15) is 18.4 Å². The summed E-state index contributed by atoms with van der Waals surface area (Å²) < 4.78 is 32.5. The topological polar surface area (TPSA) is 75.7 Å². The summed E-state index contributed by atoms with van der Waals surface area (Å²) in [5.74, 6) is -0.159. The number of aryl methyl sites for hydroxylation is 1. The van der Waals surface area contributed by atoms with E-state index in [1.165, 1.54) is 29.6 Å². The van der Waals surface area contributed by atoms with E-state index in [0.717, 1.165) is 11.3 Å². The number of hydrogen-bond donors (Lipinski definition) is 1. The first-order valence-electron chi connectivity index (χ1n) is 9.03. The molecule has 1 atom stereocenters. The maximum Gasteiger partial charge on any atom is 0.243 e. The van der Waals surface area contributed by atoms with Crippen LogP contribution >= 0.6 is 11.6 Å². The third kappa shape index (κ3) is 4.32. The van der Waals surface area contributed by atoms with Gasteiger partial charge in [-0.3, -0.25) is 4.79 Å². The first kappa shape index (κ1) is 20.6. The van der Waals surface area contributed by atoms with Gasteiger partial charge in [0.2, 0.25) is 15.9 Å². The van der Waals surface area contributed by atoms with Crippen molar-refractivity contribution in [2.75, 3.05) is 25.5 Å². The molecule has 1 heterocycles. The van der Waals surface area contributed by atoms with Crippen molar-refractivity contribution in [1.82, 2.24) is 4.31 Å². The molecular formula is C20H23ClN2O4S. The Balaban J connectivity index is 1.76. The largest absolute Gasteiger partial charge is 0.495 e. The third-order valence-corrected chi connectivity index (χ3v) is 7.08. The fourth-order valence-electron chi connectivity index (χ4n) is 3.28. The fraction of sp³-hybridized carbons (Fsp3) is 0.350. The van der Waals surface area contributed by atoms with Crippen molar-refractivity contribution >= 4 is 33.2 Å². The second-order valence-electron chi connectivity index (χ2n) is 6.80. The molecule has 1 saturated heterocycles. The van der Waals surface area contributed by atoms with Gasteiger partial charge in [-0.2, -0.15) is 4.31 Å². The zero-order valence-corrected chi connectivity index (χ0v) is 17.4. The van der Waals surface area contributed by atoms with E-state index in [0.29, 0.717) is 25.1 Å². The van der Waals surface area contributed by atoms with E-state index in [-0.39, 0.29) is 22.4 Å². The van der Waals surface area contributed by atoms with Gasteiger partial charge in [0, 0.05) is 18.8 Å². The molecule has 1 N–H and O–H groups in total. The van der Waals surface area contributed by atoms with E-state index >= 15 is 0 Å². The molecule has 0 unspecified atom stereocenters. The summed E-state index contributed by atoms with van der Waals surface area (Å²) in [5.41, 5.74) is 1.71. The van der Waals surface area contributed by atoms with Crippen LogP contribution in [0.4, 0.5) is 5.69 Å². The van der Waals surface area contributed by atoms with E-state index in [1.54, 1.807) is 0 Å². The summed E-state index contributed by atoms with van der Waals surface area (Å²) >= 11 is 6.09. The zero-order valence-electron chi connectivity index (χ0n) is 15.8. The van der Waals surface area contributed by atoms with Gasteiger partial charge in [0.1, 0.15) is 5.75 Å². The van der Waals surface area contributed by atoms with Gasteiger partial charge in [0.25, 0.3) is 0 Å². The monoisotopic (exact) mass is 422 g/mol. The molecule has 3 rings (SSSR count). The molecule has 2 aromatic carbocycles. The Morgan fingerprint density at radius 2 is 2.00 bits per heavy atom. The Morgan fingerprint density at radius 3 is 2.68 bits per heavy atom. The van der Waals surface area contributed by atoms with Gasteiger partial charge in [-0.1, -0.05) is 29.8 Å². The number of rotatable bonds is 5. The number of para-hydroxylation sites is 1. The molecule has 0 spiro atoms. The van der Waals surface area contributed by atoms with Crippen LogP contribution in [0, 0.1) is 12.8 Å². The highest BCUT2D eigenvalue weighted by molar-refractivity contribution is 7.89. The Morgan fingerprint density at radius 1 is 1.25 bits per heavy atom. The first-order valence-corrected chi connectivity index (χ1v) is 10.8. The number of anilines is 1. The lowest BCUT2D eigenvalue weighted by molar-refractivity contribution is -0.120. The van der Waals surface area contributed by atoms with Crippen molar-refractivity contribution in [2.24, 2.45) is 5.92 Å². The third-order valence-electron chi connectivity index (χ3n) is 4.92. The summed E-state index contributed by atoms with van der Waals surface area (Å²) in [4.78, 5) is 12.8. The van der Waals surface area contributed by atoms with Crippen molar-refractivity contribution < 1.29 is 17.9 Å². The van der Waals surface area contributed by atoms with Gasteiger partial charge in [0.15, 0.2) is 0 Å². The number of nitrogens with zero attached hydrogens (tertiary/aromatic N) is 1. The quantitative estimate of drug-likeness (QED) is 0.797. The van der Waals surface area contributed by atoms with Gasteiger partial charge < -0.3 is 10.1 Å². The molecule has 0 aliphatic carbocycles. The van der Waals surface area contributed by atoms with E-state index in [9.17, 15) is 13.2 Å². The summed E-state index contributed by atoms with van der Waals surface area (Å²) in [5, 5.41) is 3.15. The zero-order chi connectivity index (χ0) is 20.3. The predicted octanol–water partition coefficient (Wildman–Crippen LogP) is 3.70. The van der Waals surface area contributed by atoms with Crippen LogP contribution in [0.3, 0.4) is 0 Å². The number of hydrogen-bond acceptors (Lipinski definition) is 4. The Kier molecular flexibility index (Phi) is 6.27. The molecule has 1 aliphatic heterocycles. The summed E-state index contributed by atoms with van der Waals surface area (Å²) in [6.07, 6.45) is 1.27. The number of carbonyl (C=O) groups excluding carboxylic acids is 1. The molecule has 8 heteroatoms. The van der Waals surface area contributed by atoms with Gasteiger partial charge in [0.05, 0.1) is 22.9 Å². The Bertz CT molecular complexity index is 978. The van der Waals surface area contributed by atoms with E-state index in [1.807, 2.05) is 31.2 Å².